The monoisotopic (exact) mass is 387 g/mol. The van der Waals surface area contributed by atoms with Gasteiger partial charge >= 0.3 is 0 Å². The van der Waals surface area contributed by atoms with Crippen LogP contribution in [-0.2, 0) is 5.75 Å². The molecule has 0 aliphatic rings. The fourth-order valence-corrected chi connectivity index (χ4v) is 4.64. The molecule has 0 fully saturated rings. The molecule has 0 saturated heterocycles. The van der Waals surface area contributed by atoms with Crippen LogP contribution >= 0.6 is 34.9 Å². The summed E-state index contributed by atoms with van der Waals surface area (Å²) in [5, 5.41) is 11.6. The molecule has 1 aromatic heterocycles. The van der Waals surface area contributed by atoms with E-state index < -0.39 is 0 Å². The Morgan fingerprint density at radius 3 is 2.60 bits per heavy atom. The SMILES string of the molecule is CCSc1ccccc1C(=O)Nc1nnc(SCc2ccccc2)s1. The summed E-state index contributed by atoms with van der Waals surface area (Å²) in [7, 11) is 0. The third kappa shape index (κ3) is 5.07. The van der Waals surface area contributed by atoms with Gasteiger partial charge in [-0.3, -0.25) is 10.1 Å². The lowest BCUT2D eigenvalue weighted by molar-refractivity contribution is 0.102. The van der Waals surface area contributed by atoms with Crippen LogP contribution in [0.2, 0.25) is 0 Å². The molecule has 0 aliphatic heterocycles. The van der Waals surface area contributed by atoms with E-state index in [0.29, 0.717) is 10.7 Å². The minimum absolute atomic E-state index is 0.146. The van der Waals surface area contributed by atoms with Gasteiger partial charge in [0, 0.05) is 10.6 Å². The quantitative estimate of drug-likeness (QED) is 0.446. The molecule has 1 heterocycles. The minimum Gasteiger partial charge on any atom is -0.296 e. The molecule has 7 heteroatoms. The Bertz CT molecular complexity index is 836. The first kappa shape index (κ1) is 18.0. The summed E-state index contributed by atoms with van der Waals surface area (Å²) in [6, 6.07) is 17.8. The van der Waals surface area contributed by atoms with E-state index in [1.165, 1.54) is 16.9 Å². The zero-order valence-corrected chi connectivity index (χ0v) is 16.1. The number of aromatic nitrogens is 2. The summed E-state index contributed by atoms with van der Waals surface area (Å²) in [5.74, 6) is 1.61. The second-order valence-corrected chi connectivity index (χ2v) is 8.54. The van der Waals surface area contributed by atoms with Gasteiger partial charge in [0.2, 0.25) is 5.13 Å². The first-order chi connectivity index (χ1) is 12.3. The summed E-state index contributed by atoms with van der Waals surface area (Å²) < 4.78 is 0.843. The molecule has 0 spiro atoms. The van der Waals surface area contributed by atoms with E-state index in [2.05, 4.69) is 34.6 Å². The molecule has 0 atom stereocenters. The highest BCUT2D eigenvalue weighted by Gasteiger charge is 2.14. The zero-order valence-electron chi connectivity index (χ0n) is 13.6. The summed E-state index contributed by atoms with van der Waals surface area (Å²) >= 11 is 4.67. The Balaban J connectivity index is 1.62. The van der Waals surface area contributed by atoms with Gasteiger partial charge in [-0.15, -0.1) is 22.0 Å². The van der Waals surface area contributed by atoms with Crippen molar-refractivity contribution in [1.29, 1.82) is 0 Å². The standard InChI is InChI=1S/C18H17N3OS3/c1-2-23-15-11-7-6-10-14(15)16(22)19-17-20-21-18(25-17)24-12-13-8-4-3-5-9-13/h3-11H,2,12H2,1H3,(H,19,20,22). The fourth-order valence-electron chi connectivity index (χ4n) is 2.14. The van der Waals surface area contributed by atoms with Gasteiger partial charge in [0.15, 0.2) is 4.34 Å². The Morgan fingerprint density at radius 2 is 1.80 bits per heavy atom. The second-order valence-electron chi connectivity index (χ2n) is 5.03. The van der Waals surface area contributed by atoms with Crippen LogP contribution in [0.5, 0.6) is 0 Å². The molecule has 25 heavy (non-hydrogen) atoms. The van der Waals surface area contributed by atoms with Crippen LogP contribution in [0.1, 0.15) is 22.8 Å². The lowest BCUT2D eigenvalue weighted by atomic mass is 10.2. The van der Waals surface area contributed by atoms with Crippen LogP contribution in [0.25, 0.3) is 0 Å². The molecule has 128 valence electrons. The number of rotatable bonds is 7. The van der Waals surface area contributed by atoms with Crippen molar-refractivity contribution in [2.75, 3.05) is 11.1 Å². The second kappa shape index (κ2) is 9.03. The Kier molecular flexibility index (Phi) is 6.49. The highest BCUT2D eigenvalue weighted by Crippen LogP contribution is 2.29. The first-order valence-electron chi connectivity index (χ1n) is 7.79. The van der Waals surface area contributed by atoms with E-state index in [9.17, 15) is 4.79 Å². The van der Waals surface area contributed by atoms with Gasteiger partial charge in [-0.05, 0) is 23.4 Å². The first-order valence-corrected chi connectivity index (χ1v) is 10.6. The maximum absolute atomic E-state index is 12.5. The maximum atomic E-state index is 12.5. The molecular weight excluding hydrogens is 370 g/mol. The molecule has 3 rings (SSSR count). The van der Waals surface area contributed by atoms with Crippen molar-refractivity contribution in [2.24, 2.45) is 0 Å². The number of hydrogen-bond acceptors (Lipinski definition) is 6. The lowest BCUT2D eigenvalue weighted by Gasteiger charge is -2.06. The number of carbonyl (C=O) groups excluding carboxylic acids is 1. The number of benzene rings is 2. The predicted molar refractivity (Wildman–Crippen MR) is 107 cm³/mol. The number of anilines is 1. The van der Waals surface area contributed by atoms with Crippen molar-refractivity contribution in [3.8, 4) is 0 Å². The van der Waals surface area contributed by atoms with Gasteiger partial charge < -0.3 is 0 Å². The molecule has 0 bridgehead atoms. The predicted octanol–water partition coefficient (Wildman–Crippen LogP) is 5.19. The number of amides is 1. The molecule has 0 unspecified atom stereocenters. The molecule has 4 nitrogen and oxygen atoms in total. The number of carbonyl (C=O) groups is 1. The molecule has 1 amide bonds. The smallest absolute Gasteiger partial charge is 0.258 e. The molecule has 2 aromatic carbocycles. The number of nitrogens with one attached hydrogen (secondary N) is 1. The zero-order chi connectivity index (χ0) is 17.5. The van der Waals surface area contributed by atoms with Crippen LogP contribution in [-0.4, -0.2) is 21.9 Å². The fraction of sp³-hybridized carbons (Fsp3) is 0.167. The van der Waals surface area contributed by atoms with Crippen LogP contribution < -0.4 is 5.32 Å². The highest BCUT2D eigenvalue weighted by molar-refractivity contribution is 8.00. The van der Waals surface area contributed by atoms with Crippen molar-refractivity contribution >= 4 is 45.9 Å². The van der Waals surface area contributed by atoms with Gasteiger partial charge in [0.05, 0.1) is 5.56 Å². The maximum Gasteiger partial charge on any atom is 0.258 e. The van der Waals surface area contributed by atoms with Crippen molar-refractivity contribution in [1.82, 2.24) is 10.2 Å². The van der Waals surface area contributed by atoms with Crippen molar-refractivity contribution in [3.63, 3.8) is 0 Å². The van der Waals surface area contributed by atoms with Gasteiger partial charge in [0.1, 0.15) is 0 Å². The van der Waals surface area contributed by atoms with Crippen LogP contribution in [0, 0.1) is 0 Å². The van der Waals surface area contributed by atoms with Crippen LogP contribution in [0.4, 0.5) is 5.13 Å². The summed E-state index contributed by atoms with van der Waals surface area (Å²) in [4.78, 5) is 13.5. The van der Waals surface area contributed by atoms with Gasteiger partial charge in [-0.2, -0.15) is 0 Å². The van der Waals surface area contributed by atoms with Crippen molar-refractivity contribution in [2.45, 2.75) is 21.9 Å². The molecule has 3 aromatic rings. The van der Waals surface area contributed by atoms with Crippen molar-refractivity contribution in [3.05, 3.63) is 65.7 Å². The number of hydrogen-bond donors (Lipinski definition) is 1. The third-order valence-electron chi connectivity index (χ3n) is 3.26. The van der Waals surface area contributed by atoms with E-state index >= 15 is 0 Å². The van der Waals surface area contributed by atoms with Gasteiger partial charge in [0.25, 0.3) is 5.91 Å². The molecule has 0 aliphatic carbocycles. The Labute approximate surface area is 159 Å². The molecule has 1 N–H and O–H groups in total. The third-order valence-corrected chi connectivity index (χ3v) is 6.26. The van der Waals surface area contributed by atoms with Gasteiger partial charge in [-0.1, -0.05) is 72.5 Å². The topological polar surface area (TPSA) is 54.9 Å². The average Bonchev–Trinajstić information content (AvgIpc) is 3.09. The van der Waals surface area contributed by atoms with E-state index in [1.807, 2.05) is 42.5 Å². The van der Waals surface area contributed by atoms with E-state index in [4.69, 9.17) is 0 Å². The largest absolute Gasteiger partial charge is 0.296 e. The molecule has 0 radical (unpaired) electrons. The van der Waals surface area contributed by atoms with E-state index in [-0.39, 0.29) is 5.91 Å². The van der Waals surface area contributed by atoms with Crippen LogP contribution in [0.3, 0.4) is 0 Å². The van der Waals surface area contributed by atoms with Gasteiger partial charge in [-0.25, -0.2) is 0 Å². The minimum atomic E-state index is -0.146. The summed E-state index contributed by atoms with van der Waals surface area (Å²) in [6.07, 6.45) is 0. The van der Waals surface area contributed by atoms with Crippen LogP contribution in [0.15, 0.2) is 63.8 Å². The number of thioether (sulfide) groups is 2. The highest BCUT2D eigenvalue weighted by atomic mass is 32.2. The van der Waals surface area contributed by atoms with E-state index in [1.54, 1.807) is 23.5 Å². The van der Waals surface area contributed by atoms with Crippen molar-refractivity contribution < 1.29 is 4.79 Å². The molecular formula is C18H17N3OS3. The number of nitrogens with zero attached hydrogens (tertiary/aromatic N) is 2. The normalized spacial score (nSPS) is 10.6. The summed E-state index contributed by atoms with van der Waals surface area (Å²) in [5.41, 5.74) is 1.90. The average molecular weight is 388 g/mol. The Morgan fingerprint density at radius 1 is 1.04 bits per heavy atom. The molecule has 0 saturated carbocycles. The Hall–Kier alpha value is -1.83. The summed E-state index contributed by atoms with van der Waals surface area (Å²) in [6.45, 7) is 2.07. The lowest BCUT2D eigenvalue weighted by Crippen LogP contribution is -2.12. The van der Waals surface area contributed by atoms with E-state index in [0.717, 1.165) is 20.7 Å².